The van der Waals surface area contributed by atoms with Crippen LogP contribution in [0.25, 0.3) is 11.5 Å². The van der Waals surface area contributed by atoms with Crippen molar-refractivity contribution in [2.24, 2.45) is 0 Å². The van der Waals surface area contributed by atoms with Crippen molar-refractivity contribution in [2.45, 2.75) is 32.3 Å². The van der Waals surface area contributed by atoms with Crippen molar-refractivity contribution >= 4 is 11.6 Å². The fourth-order valence-corrected chi connectivity index (χ4v) is 2.34. The van der Waals surface area contributed by atoms with Gasteiger partial charge in [-0.1, -0.05) is 30.6 Å². The highest BCUT2D eigenvalue weighted by atomic mass is 35.5. The van der Waals surface area contributed by atoms with Gasteiger partial charge in [0.25, 0.3) is 5.89 Å². The number of halogens is 1. The van der Waals surface area contributed by atoms with Gasteiger partial charge in [-0.3, -0.25) is 0 Å². The largest absolute Gasteiger partial charge is 0.508 e. The molecule has 1 aromatic carbocycles. The van der Waals surface area contributed by atoms with Gasteiger partial charge in [0.15, 0.2) is 0 Å². The van der Waals surface area contributed by atoms with E-state index in [0.717, 1.165) is 12.8 Å². The van der Waals surface area contributed by atoms with Gasteiger partial charge in [0.1, 0.15) is 11.4 Å². The van der Waals surface area contributed by atoms with Crippen LogP contribution in [-0.4, -0.2) is 22.4 Å². The fourth-order valence-electron chi connectivity index (χ4n) is 2.14. The lowest BCUT2D eigenvalue weighted by Crippen LogP contribution is -2.28. The number of phenolic OH excluding ortho intramolecular Hbond substituents is 1. The minimum Gasteiger partial charge on any atom is -0.508 e. The van der Waals surface area contributed by atoms with Crippen LogP contribution in [0.1, 0.15) is 32.5 Å². The number of benzene rings is 1. The molecular formula is C14H17ClN2O3. The minimum absolute atomic E-state index is 0.0909. The summed E-state index contributed by atoms with van der Waals surface area (Å²) in [5.74, 6) is 0.844. The van der Waals surface area contributed by atoms with Gasteiger partial charge in [-0.2, -0.15) is 4.98 Å². The normalized spacial score (nSPS) is 11.8. The third kappa shape index (κ3) is 2.51. The zero-order chi connectivity index (χ0) is 14.8. The third-order valence-electron chi connectivity index (χ3n) is 3.55. The molecule has 0 saturated heterocycles. The average Bonchev–Trinajstić information content (AvgIpc) is 2.94. The summed E-state index contributed by atoms with van der Waals surface area (Å²) in [5.41, 5.74) is -0.0620. The van der Waals surface area contributed by atoms with E-state index in [0.29, 0.717) is 16.4 Å². The Bertz CT molecular complexity index is 586. The molecule has 5 nitrogen and oxygen atoms in total. The standard InChI is InChI=1S/C14H17ClN2O3/c1-4-14(5-2,19-3)13-16-12(20-17-13)10-8-9(18)6-7-11(10)15/h6-8,18H,4-5H2,1-3H3. The number of hydrogen-bond acceptors (Lipinski definition) is 5. The lowest BCUT2D eigenvalue weighted by molar-refractivity contribution is -0.0306. The van der Waals surface area contributed by atoms with Crippen LogP contribution in [0.4, 0.5) is 0 Å². The molecule has 2 aromatic rings. The first-order chi connectivity index (χ1) is 9.56. The summed E-state index contributed by atoms with van der Waals surface area (Å²) in [7, 11) is 1.63. The van der Waals surface area contributed by atoms with Crippen molar-refractivity contribution < 1.29 is 14.4 Å². The van der Waals surface area contributed by atoms with Crippen LogP contribution in [0.3, 0.4) is 0 Å². The number of ether oxygens (including phenoxy) is 1. The van der Waals surface area contributed by atoms with Crippen molar-refractivity contribution in [1.29, 1.82) is 0 Å². The summed E-state index contributed by atoms with van der Waals surface area (Å²) in [4.78, 5) is 4.37. The van der Waals surface area contributed by atoms with Crippen LogP contribution < -0.4 is 0 Å². The van der Waals surface area contributed by atoms with Crippen LogP contribution in [0.2, 0.25) is 5.02 Å². The Morgan fingerprint density at radius 3 is 2.65 bits per heavy atom. The van der Waals surface area contributed by atoms with Gasteiger partial charge < -0.3 is 14.4 Å². The quantitative estimate of drug-likeness (QED) is 0.910. The van der Waals surface area contributed by atoms with Crippen molar-refractivity contribution in [2.75, 3.05) is 7.11 Å². The molecule has 6 heteroatoms. The van der Waals surface area contributed by atoms with E-state index in [1.165, 1.54) is 12.1 Å². The zero-order valence-electron chi connectivity index (χ0n) is 11.7. The summed E-state index contributed by atoms with van der Waals surface area (Å²) in [6.07, 6.45) is 1.46. The molecular weight excluding hydrogens is 280 g/mol. The number of methoxy groups -OCH3 is 1. The van der Waals surface area contributed by atoms with Crippen molar-refractivity contribution in [3.8, 4) is 17.2 Å². The second-order valence-electron chi connectivity index (χ2n) is 4.49. The van der Waals surface area contributed by atoms with Crippen LogP contribution in [0.5, 0.6) is 5.75 Å². The van der Waals surface area contributed by atoms with Gasteiger partial charge in [0, 0.05) is 7.11 Å². The Labute approximate surface area is 122 Å². The molecule has 2 rings (SSSR count). The Hall–Kier alpha value is -1.59. The molecule has 0 atom stereocenters. The Morgan fingerprint density at radius 2 is 2.05 bits per heavy atom. The Morgan fingerprint density at radius 1 is 1.35 bits per heavy atom. The molecule has 0 aliphatic rings. The molecule has 0 spiro atoms. The second kappa shape index (κ2) is 5.81. The molecule has 0 fully saturated rings. The smallest absolute Gasteiger partial charge is 0.259 e. The summed E-state index contributed by atoms with van der Waals surface area (Å²) >= 11 is 6.09. The average molecular weight is 297 g/mol. The lowest BCUT2D eigenvalue weighted by Gasteiger charge is -2.25. The Kier molecular flexibility index (Phi) is 4.30. The van der Waals surface area contributed by atoms with Gasteiger partial charge >= 0.3 is 0 Å². The van der Waals surface area contributed by atoms with E-state index < -0.39 is 5.60 Å². The van der Waals surface area contributed by atoms with E-state index in [2.05, 4.69) is 10.1 Å². The molecule has 1 N–H and O–H groups in total. The van der Waals surface area contributed by atoms with E-state index in [1.807, 2.05) is 13.8 Å². The maximum atomic E-state index is 9.53. The summed E-state index contributed by atoms with van der Waals surface area (Å²) in [6.45, 7) is 4.01. The van der Waals surface area contributed by atoms with Gasteiger partial charge in [-0.15, -0.1) is 0 Å². The van der Waals surface area contributed by atoms with Crippen LogP contribution in [-0.2, 0) is 10.3 Å². The summed E-state index contributed by atoms with van der Waals surface area (Å²) < 4.78 is 10.8. The molecule has 1 heterocycles. The second-order valence-corrected chi connectivity index (χ2v) is 4.90. The highest BCUT2D eigenvalue weighted by Crippen LogP contribution is 2.34. The molecule has 1 aromatic heterocycles. The van der Waals surface area contributed by atoms with E-state index in [9.17, 15) is 5.11 Å². The van der Waals surface area contributed by atoms with Crippen LogP contribution in [0, 0.1) is 0 Å². The highest BCUT2D eigenvalue weighted by Gasteiger charge is 2.34. The first kappa shape index (κ1) is 14.8. The first-order valence-electron chi connectivity index (χ1n) is 6.44. The SMILES string of the molecule is CCC(CC)(OC)c1noc(-c2cc(O)ccc2Cl)n1. The number of hydrogen-bond donors (Lipinski definition) is 1. The minimum atomic E-state index is -0.564. The predicted octanol–water partition coefficient (Wildman–Crippen LogP) is 3.76. The molecule has 0 aliphatic carbocycles. The predicted molar refractivity (Wildman–Crippen MR) is 75.7 cm³/mol. The monoisotopic (exact) mass is 296 g/mol. The lowest BCUT2D eigenvalue weighted by atomic mass is 9.96. The fraction of sp³-hybridized carbons (Fsp3) is 0.429. The molecule has 0 amide bonds. The summed E-state index contributed by atoms with van der Waals surface area (Å²) in [6, 6.07) is 4.58. The van der Waals surface area contributed by atoms with Crippen LogP contribution >= 0.6 is 11.6 Å². The molecule has 0 unspecified atom stereocenters. The maximum Gasteiger partial charge on any atom is 0.259 e. The van der Waals surface area contributed by atoms with E-state index in [-0.39, 0.29) is 11.6 Å². The highest BCUT2D eigenvalue weighted by molar-refractivity contribution is 6.33. The van der Waals surface area contributed by atoms with E-state index in [4.69, 9.17) is 20.9 Å². The van der Waals surface area contributed by atoms with Gasteiger partial charge in [0.2, 0.25) is 5.82 Å². The number of rotatable bonds is 5. The zero-order valence-corrected chi connectivity index (χ0v) is 12.4. The number of aromatic hydroxyl groups is 1. The molecule has 0 saturated carbocycles. The summed E-state index contributed by atoms with van der Waals surface area (Å²) in [5, 5.41) is 14.0. The molecule has 0 aliphatic heterocycles. The van der Waals surface area contributed by atoms with Gasteiger partial charge in [-0.05, 0) is 31.0 Å². The van der Waals surface area contributed by atoms with Crippen molar-refractivity contribution in [1.82, 2.24) is 10.1 Å². The molecule has 0 radical (unpaired) electrons. The molecule has 0 bridgehead atoms. The van der Waals surface area contributed by atoms with E-state index >= 15 is 0 Å². The Balaban J connectivity index is 2.45. The van der Waals surface area contributed by atoms with Gasteiger partial charge in [-0.25, -0.2) is 0 Å². The topological polar surface area (TPSA) is 68.4 Å². The van der Waals surface area contributed by atoms with Crippen molar-refractivity contribution in [3.05, 3.63) is 29.0 Å². The molecule has 108 valence electrons. The number of phenols is 1. The number of nitrogens with zero attached hydrogens (tertiary/aromatic N) is 2. The maximum absolute atomic E-state index is 9.53. The number of aromatic nitrogens is 2. The van der Waals surface area contributed by atoms with E-state index in [1.54, 1.807) is 13.2 Å². The van der Waals surface area contributed by atoms with Crippen molar-refractivity contribution in [3.63, 3.8) is 0 Å². The van der Waals surface area contributed by atoms with Crippen LogP contribution in [0.15, 0.2) is 22.7 Å². The third-order valence-corrected chi connectivity index (χ3v) is 3.88. The molecule has 20 heavy (non-hydrogen) atoms. The first-order valence-corrected chi connectivity index (χ1v) is 6.82. The van der Waals surface area contributed by atoms with Gasteiger partial charge in [0.05, 0.1) is 10.6 Å².